The molecule has 0 aliphatic carbocycles. The van der Waals surface area contributed by atoms with E-state index in [0.29, 0.717) is 0 Å². The Bertz CT molecular complexity index is 295. The zero-order chi connectivity index (χ0) is 9.52. The largest absolute Gasteiger partial charge is 0.0991 e. The number of allylic oxidation sites excluding steroid dienone is 3. The van der Waals surface area contributed by atoms with E-state index < -0.39 is 0 Å². The maximum atomic E-state index is 3.63. The molecule has 0 amide bonds. The molecule has 0 spiro atoms. The summed E-state index contributed by atoms with van der Waals surface area (Å²) in [7, 11) is 0. The number of aryl methyl sites for hydroxylation is 2. The van der Waals surface area contributed by atoms with Crippen LogP contribution in [0.4, 0.5) is 0 Å². The van der Waals surface area contributed by atoms with Crippen LogP contribution >= 0.6 is 0 Å². The zero-order valence-corrected chi connectivity index (χ0v) is 8.16. The lowest BCUT2D eigenvalue weighted by molar-refractivity contribution is 0.998. The molecule has 68 valence electrons. The van der Waals surface area contributed by atoms with E-state index in [2.05, 4.69) is 43.8 Å². The standard InChI is InChI=1S/C13H16/c1-3-4-5-6-9-13-10-7-8-12(2)11-13/h3-5,7-8,10-11H,1,6,9H2,2H3/b5-4+. The highest BCUT2D eigenvalue weighted by Gasteiger charge is 1.90. The molecule has 0 heterocycles. The lowest BCUT2D eigenvalue weighted by Crippen LogP contribution is -1.83. The Kier molecular flexibility index (Phi) is 4.04. The summed E-state index contributed by atoms with van der Waals surface area (Å²) in [5.74, 6) is 0. The van der Waals surface area contributed by atoms with Gasteiger partial charge in [0.05, 0.1) is 0 Å². The Labute approximate surface area is 80.6 Å². The molecule has 0 unspecified atom stereocenters. The molecule has 0 aliphatic rings. The average molecular weight is 172 g/mol. The molecule has 0 bridgehead atoms. The molecule has 0 saturated carbocycles. The molecular formula is C13H16. The van der Waals surface area contributed by atoms with Gasteiger partial charge in [-0.15, -0.1) is 0 Å². The fourth-order valence-electron chi connectivity index (χ4n) is 1.31. The normalized spacial score (nSPS) is 10.5. The monoisotopic (exact) mass is 172 g/mol. The molecule has 0 saturated heterocycles. The molecule has 0 aliphatic heterocycles. The van der Waals surface area contributed by atoms with Crippen molar-refractivity contribution in [3.05, 3.63) is 60.2 Å². The number of benzene rings is 1. The van der Waals surface area contributed by atoms with Gasteiger partial charge in [-0.3, -0.25) is 0 Å². The van der Waals surface area contributed by atoms with Gasteiger partial charge in [-0.05, 0) is 25.3 Å². The van der Waals surface area contributed by atoms with E-state index in [1.54, 1.807) is 0 Å². The van der Waals surface area contributed by atoms with E-state index in [0.717, 1.165) is 12.8 Å². The van der Waals surface area contributed by atoms with E-state index >= 15 is 0 Å². The Morgan fingerprint density at radius 1 is 1.38 bits per heavy atom. The highest BCUT2D eigenvalue weighted by Crippen LogP contribution is 2.06. The predicted molar refractivity (Wildman–Crippen MR) is 58.8 cm³/mol. The first-order chi connectivity index (χ1) is 6.33. The highest BCUT2D eigenvalue weighted by molar-refractivity contribution is 5.22. The van der Waals surface area contributed by atoms with Gasteiger partial charge in [0.25, 0.3) is 0 Å². The van der Waals surface area contributed by atoms with Crippen LogP contribution in [0.25, 0.3) is 0 Å². The van der Waals surface area contributed by atoms with Crippen molar-refractivity contribution >= 4 is 0 Å². The Balaban J connectivity index is 2.45. The number of hydrogen-bond acceptors (Lipinski definition) is 0. The van der Waals surface area contributed by atoms with E-state index in [-0.39, 0.29) is 0 Å². The summed E-state index contributed by atoms with van der Waals surface area (Å²) >= 11 is 0. The van der Waals surface area contributed by atoms with Gasteiger partial charge in [0.2, 0.25) is 0 Å². The van der Waals surface area contributed by atoms with Crippen LogP contribution in [0.1, 0.15) is 17.5 Å². The summed E-state index contributed by atoms with van der Waals surface area (Å²) in [6.07, 6.45) is 8.17. The maximum Gasteiger partial charge on any atom is -0.0244 e. The van der Waals surface area contributed by atoms with Crippen molar-refractivity contribution in [2.75, 3.05) is 0 Å². The van der Waals surface area contributed by atoms with Gasteiger partial charge in [-0.2, -0.15) is 0 Å². The molecule has 0 fully saturated rings. The predicted octanol–water partition coefficient (Wildman–Crippen LogP) is 3.67. The van der Waals surface area contributed by atoms with E-state index in [1.807, 2.05) is 12.2 Å². The Hall–Kier alpha value is -1.30. The van der Waals surface area contributed by atoms with Crippen LogP contribution in [-0.4, -0.2) is 0 Å². The lowest BCUT2D eigenvalue weighted by Gasteiger charge is -1.98. The topological polar surface area (TPSA) is 0 Å². The third-order valence-electron chi connectivity index (χ3n) is 1.95. The first kappa shape index (κ1) is 9.79. The van der Waals surface area contributed by atoms with Crippen molar-refractivity contribution in [2.45, 2.75) is 19.8 Å². The summed E-state index contributed by atoms with van der Waals surface area (Å²) in [5, 5.41) is 0. The molecule has 1 aromatic rings. The van der Waals surface area contributed by atoms with Crippen LogP contribution < -0.4 is 0 Å². The fraction of sp³-hybridized carbons (Fsp3) is 0.231. The highest BCUT2D eigenvalue weighted by atomic mass is 14.0. The molecule has 1 rings (SSSR count). The van der Waals surface area contributed by atoms with Crippen molar-refractivity contribution in [1.29, 1.82) is 0 Å². The second-order valence-corrected chi connectivity index (χ2v) is 3.19. The SMILES string of the molecule is C=C/C=C/CCc1cccc(C)c1. The van der Waals surface area contributed by atoms with Gasteiger partial charge >= 0.3 is 0 Å². The van der Waals surface area contributed by atoms with Crippen LogP contribution in [0.3, 0.4) is 0 Å². The van der Waals surface area contributed by atoms with Gasteiger partial charge in [-0.1, -0.05) is 54.6 Å². The zero-order valence-electron chi connectivity index (χ0n) is 8.16. The third-order valence-corrected chi connectivity index (χ3v) is 1.95. The van der Waals surface area contributed by atoms with Crippen molar-refractivity contribution in [3.63, 3.8) is 0 Å². The summed E-state index contributed by atoms with van der Waals surface area (Å²) in [5.41, 5.74) is 2.75. The van der Waals surface area contributed by atoms with Crippen LogP contribution in [-0.2, 0) is 6.42 Å². The molecule has 0 radical (unpaired) electrons. The van der Waals surface area contributed by atoms with E-state index in [1.165, 1.54) is 11.1 Å². The molecule has 13 heavy (non-hydrogen) atoms. The second-order valence-electron chi connectivity index (χ2n) is 3.19. The van der Waals surface area contributed by atoms with E-state index in [9.17, 15) is 0 Å². The quantitative estimate of drug-likeness (QED) is 0.608. The minimum Gasteiger partial charge on any atom is -0.0991 e. The maximum absolute atomic E-state index is 3.63. The van der Waals surface area contributed by atoms with Crippen LogP contribution in [0, 0.1) is 6.92 Å². The first-order valence-corrected chi connectivity index (χ1v) is 4.66. The minimum absolute atomic E-state index is 1.09. The van der Waals surface area contributed by atoms with Crippen LogP contribution in [0.2, 0.25) is 0 Å². The summed E-state index contributed by atoms with van der Waals surface area (Å²) in [6, 6.07) is 8.65. The van der Waals surface area contributed by atoms with Gasteiger partial charge in [-0.25, -0.2) is 0 Å². The summed E-state index contributed by atoms with van der Waals surface area (Å²) in [4.78, 5) is 0. The molecule has 0 N–H and O–H groups in total. The minimum atomic E-state index is 1.09. The third kappa shape index (κ3) is 3.75. The van der Waals surface area contributed by atoms with Gasteiger partial charge in [0.15, 0.2) is 0 Å². The van der Waals surface area contributed by atoms with Gasteiger partial charge in [0.1, 0.15) is 0 Å². The Morgan fingerprint density at radius 2 is 2.23 bits per heavy atom. The van der Waals surface area contributed by atoms with Gasteiger partial charge in [0, 0.05) is 0 Å². The first-order valence-electron chi connectivity index (χ1n) is 4.66. The second kappa shape index (κ2) is 5.36. The molecule has 0 atom stereocenters. The van der Waals surface area contributed by atoms with Gasteiger partial charge < -0.3 is 0 Å². The van der Waals surface area contributed by atoms with E-state index in [4.69, 9.17) is 0 Å². The molecular weight excluding hydrogens is 156 g/mol. The number of rotatable bonds is 4. The van der Waals surface area contributed by atoms with Crippen molar-refractivity contribution < 1.29 is 0 Å². The molecule has 1 aromatic carbocycles. The summed E-state index contributed by atoms with van der Waals surface area (Å²) in [6.45, 7) is 5.76. The summed E-state index contributed by atoms with van der Waals surface area (Å²) < 4.78 is 0. The fourth-order valence-corrected chi connectivity index (χ4v) is 1.31. The molecule has 0 heteroatoms. The number of hydrogen-bond donors (Lipinski definition) is 0. The molecule has 0 aromatic heterocycles. The molecule has 0 nitrogen and oxygen atoms in total. The van der Waals surface area contributed by atoms with Crippen LogP contribution in [0.15, 0.2) is 49.1 Å². The lowest BCUT2D eigenvalue weighted by atomic mass is 10.1. The Morgan fingerprint density at radius 3 is 2.92 bits per heavy atom. The average Bonchev–Trinajstić information content (AvgIpc) is 2.13. The van der Waals surface area contributed by atoms with Crippen LogP contribution in [0.5, 0.6) is 0 Å². The van der Waals surface area contributed by atoms with Crippen molar-refractivity contribution in [2.24, 2.45) is 0 Å². The van der Waals surface area contributed by atoms with Crippen molar-refractivity contribution in [3.8, 4) is 0 Å². The smallest absolute Gasteiger partial charge is 0.0244 e. The van der Waals surface area contributed by atoms with Crippen molar-refractivity contribution in [1.82, 2.24) is 0 Å².